The normalized spacial score (nSPS) is 12.9. The van der Waals surface area contributed by atoms with Gasteiger partial charge in [-0.15, -0.1) is 0 Å². The first kappa shape index (κ1) is 20.4. The Labute approximate surface area is 173 Å². The minimum Gasteiger partial charge on any atom is -0.0979 e. The van der Waals surface area contributed by atoms with Crippen LogP contribution in [0.1, 0.15) is 29.2 Å². The number of hydrogen-bond acceptors (Lipinski definition) is 0. The zero-order valence-electron chi connectivity index (χ0n) is 15.0. The van der Waals surface area contributed by atoms with Crippen LogP contribution in [-0.4, -0.2) is 0 Å². The first-order valence-corrected chi connectivity index (χ1v) is 9.95. The van der Waals surface area contributed by atoms with Gasteiger partial charge in [-0.3, -0.25) is 0 Å². The van der Waals surface area contributed by atoms with E-state index in [0.29, 0.717) is 0 Å². The zero-order chi connectivity index (χ0) is 18.9. The topological polar surface area (TPSA) is 0 Å². The van der Waals surface area contributed by atoms with Gasteiger partial charge in [0.2, 0.25) is 0 Å². The molecule has 0 saturated heterocycles. The van der Waals surface area contributed by atoms with Crippen LogP contribution in [0.25, 0.3) is 18.2 Å². The van der Waals surface area contributed by atoms with Crippen LogP contribution >= 0.6 is 31.9 Å². The lowest BCUT2D eigenvalue weighted by Crippen LogP contribution is -1.83. The lowest BCUT2D eigenvalue weighted by atomic mass is 10.0. The van der Waals surface area contributed by atoms with E-state index < -0.39 is 0 Å². The van der Waals surface area contributed by atoms with Gasteiger partial charge in [-0.2, -0.15) is 0 Å². The smallest absolute Gasteiger partial charge is 0.0175 e. The number of rotatable bonds is 6. The molecule has 0 aliphatic rings. The van der Waals surface area contributed by atoms with Gasteiger partial charge in [0.1, 0.15) is 0 Å². The number of benzene rings is 2. The third-order valence-electron chi connectivity index (χ3n) is 3.86. The van der Waals surface area contributed by atoms with Crippen LogP contribution < -0.4 is 0 Å². The Kier molecular flexibility index (Phi) is 8.08. The molecule has 0 spiro atoms. The van der Waals surface area contributed by atoms with Gasteiger partial charge >= 0.3 is 0 Å². The predicted molar refractivity (Wildman–Crippen MR) is 124 cm³/mol. The van der Waals surface area contributed by atoms with Crippen molar-refractivity contribution < 1.29 is 0 Å². The Bertz CT molecular complexity index is 879. The van der Waals surface area contributed by atoms with E-state index in [-0.39, 0.29) is 0 Å². The Morgan fingerprint density at radius 1 is 0.923 bits per heavy atom. The molecule has 2 rings (SSSR count). The molecule has 0 radical (unpaired) electrons. The van der Waals surface area contributed by atoms with Gasteiger partial charge in [-0.1, -0.05) is 111 Å². The molecule has 0 saturated carbocycles. The standard InChI is InChI=1S/C24H22Br2/c1-4-23(25)14-6-18(2)5-12-22-13-9-21(17-19(22)3)8-7-20-10-15-24(26)16-11-20/h4-17H,1H2,2-3H3/b8-7+,12-5+,18-6+,23-14+. The minimum atomic E-state index is 0.975. The molecule has 0 atom stereocenters. The summed E-state index contributed by atoms with van der Waals surface area (Å²) in [6.45, 7) is 7.95. The zero-order valence-corrected chi connectivity index (χ0v) is 18.2. The quantitative estimate of drug-likeness (QED) is 0.294. The second-order valence-electron chi connectivity index (χ2n) is 6.00. The highest BCUT2D eigenvalue weighted by Crippen LogP contribution is 2.17. The molecule has 26 heavy (non-hydrogen) atoms. The van der Waals surface area contributed by atoms with Crippen molar-refractivity contribution in [3.05, 3.63) is 110 Å². The third kappa shape index (κ3) is 6.78. The fourth-order valence-corrected chi connectivity index (χ4v) is 2.71. The number of hydrogen-bond donors (Lipinski definition) is 0. The van der Waals surface area contributed by atoms with E-state index in [1.54, 1.807) is 6.08 Å². The fourth-order valence-electron chi connectivity index (χ4n) is 2.31. The van der Waals surface area contributed by atoms with Gasteiger partial charge in [0.15, 0.2) is 0 Å². The maximum Gasteiger partial charge on any atom is 0.0175 e. The maximum absolute atomic E-state index is 3.72. The SMILES string of the molecule is C=C\C(Br)=C/C=C(C)/C=C/c1ccc(/C=C/c2ccc(Br)cc2)cc1C. The fraction of sp³-hybridized carbons (Fsp3) is 0.0833. The second-order valence-corrected chi connectivity index (χ2v) is 7.83. The van der Waals surface area contributed by atoms with E-state index in [0.717, 1.165) is 8.96 Å². The summed E-state index contributed by atoms with van der Waals surface area (Å²) in [5, 5.41) is 0. The van der Waals surface area contributed by atoms with Crippen molar-refractivity contribution in [3.8, 4) is 0 Å². The minimum absolute atomic E-state index is 0.975. The lowest BCUT2D eigenvalue weighted by Gasteiger charge is -2.03. The van der Waals surface area contributed by atoms with Crippen LogP contribution in [0.5, 0.6) is 0 Å². The summed E-state index contributed by atoms with van der Waals surface area (Å²) in [5.74, 6) is 0. The molecule has 0 nitrogen and oxygen atoms in total. The Morgan fingerprint density at radius 3 is 2.23 bits per heavy atom. The lowest BCUT2D eigenvalue weighted by molar-refractivity contribution is 1.42. The Balaban J connectivity index is 2.10. The Morgan fingerprint density at radius 2 is 1.58 bits per heavy atom. The summed E-state index contributed by atoms with van der Waals surface area (Å²) in [6.07, 6.45) is 14.4. The number of halogens is 2. The summed E-state index contributed by atoms with van der Waals surface area (Å²) in [4.78, 5) is 0. The first-order valence-electron chi connectivity index (χ1n) is 8.37. The van der Waals surface area contributed by atoms with Crippen LogP contribution in [-0.2, 0) is 0 Å². The molecule has 0 fully saturated rings. The van der Waals surface area contributed by atoms with Crippen molar-refractivity contribution in [2.75, 3.05) is 0 Å². The van der Waals surface area contributed by atoms with E-state index in [1.165, 1.54) is 27.8 Å². The van der Waals surface area contributed by atoms with Crippen molar-refractivity contribution >= 4 is 50.1 Å². The molecule has 2 aromatic rings. The van der Waals surface area contributed by atoms with Crippen molar-refractivity contribution in [2.45, 2.75) is 13.8 Å². The molecular formula is C24H22Br2. The first-order chi connectivity index (χ1) is 12.5. The molecule has 0 amide bonds. The molecule has 132 valence electrons. The number of aryl methyl sites for hydroxylation is 1. The van der Waals surface area contributed by atoms with E-state index in [2.05, 4.69) is 125 Å². The highest BCUT2D eigenvalue weighted by Gasteiger charge is 1.96. The molecule has 2 heteroatoms. The molecule has 0 N–H and O–H groups in total. The molecule has 2 aromatic carbocycles. The molecular weight excluding hydrogens is 448 g/mol. The van der Waals surface area contributed by atoms with Gasteiger partial charge in [-0.25, -0.2) is 0 Å². The third-order valence-corrected chi connectivity index (χ3v) is 4.98. The maximum atomic E-state index is 3.72. The molecule has 0 aliphatic carbocycles. The molecule has 0 heterocycles. The average molecular weight is 470 g/mol. The van der Waals surface area contributed by atoms with Gasteiger partial charge in [0.05, 0.1) is 0 Å². The Hall–Kier alpha value is -1.90. The highest BCUT2D eigenvalue weighted by molar-refractivity contribution is 9.12. The summed E-state index contributed by atoms with van der Waals surface area (Å²) in [5.41, 5.74) is 6.06. The van der Waals surface area contributed by atoms with Gasteiger partial charge in [0.25, 0.3) is 0 Å². The van der Waals surface area contributed by atoms with Gasteiger partial charge < -0.3 is 0 Å². The van der Waals surface area contributed by atoms with E-state index in [9.17, 15) is 0 Å². The van der Waals surface area contributed by atoms with Crippen LogP contribution in [0.4, 0.5) is 0 Å². The highest BCUT2D eigenvalue weighted by atomic mass is 79.9. The van der Waals surface area contributed by atoms with Crippen LogP contribution in [0.15, 0.2) is 87.9 Å². The van der Waals surface area contributed by atoms with Crippen molar-refractivity contribution in [2.24, 2.45) is 0 Å². The van der Waals surface area contributed by atoms with Crippen molar-refractivity contribution in [3.63, 3.8) is 0 Å². The average Bonchev–Trinajstić information content (AvgIpc) is 2.64. The summed E-state index contributed by atoms with van der Waals surface area (Å²) in [6, 6.07) is 14.8. The second kappa shape index (κ2) is 10.3. The van der Waals surface area contributed by atoms with E-state index in [1.807, 2.05) is 6.08 Å². The van der Waals surface area contributed by atoms with Crippen molar-refractivity contribution in [1.29, 1.82) is 0 Å². The predicted octanol–water partition coefficient (Wildman–Crippen LogP) is 8.35. The van der Waals surface area contributed by atoms with Crippen molar-refractivity contribution in [1.82, 2.24) is 0 Å². The largest absolute Gasteiger partial charge is 0.0979 e. The van der Waals surface area contributed by atoms with Gasteiger partial charge in [0, 0.05) is 8.96 Å². The molecule has 0 aliphatic heterocycles. The van der Waals surface area contributed by atoms with E-state index in [4.69, 9.17) is 0 Å². The van der Waals surface area contributed by atoms with Crippen LogP contribution in [0.2, 0.25) is 0 Å². The summed E-state index contributed by atoms with van der Waals surface area (Å²) in [7, 11) is 0. The summed E-state index contributed by atoms with van der Waals surface area (Å²) >= 11 is 6.88. The van der Waals surface area contributed by atoms with Crippen LogP contribution in [0, 0.1) is 6.92 Å². The molecule has 0 bridgehead atoms. The van der Waals surface area contributed by atoms with Gasteiger partial charge in [-0.05, 0) is 54.3 Å². The van der Waals surface area contributed by atoms with Crippen LogP contribution in [0.3, 0.4) is 0 Å². The van der Waals surface area contributed by atoms with E-state index >= 15 is 0 Å². The monoisotopic (exact) mass is 468 g/mol. The summed E-state index contributed by atoms with van der Waals surface area (Å²) < 4.78 is 2.07. The molecule has 0 unspecified atom stereocenters. The molecule has 0 aromatic heterocycles. The number of allylic oxidation sites excluding steroid dienone is 6.